The van der Waals surface area contributed by atoms with Crippen LogP contribution in [0.4, 0.5) is 0 Å². The first-order valence-electron chi connectivity index (χ1n) is 4.28. The zero-order valence-corrected chi connectivity index (χ0v) is 8.34. The molecule has 1 aliphatic rings. The first kappa shape index (κ1) is 10.5. The molecular formula is C8H13NO3S. The Kier molecular flexibility index (Phi) is 3.74. The summed E-state index contributed by atoms with van der Waals surface area (Å²) in [7, 11) is 0. The molecule has 1 N–H and O–H groups in total. The van der Waals surface area contributed by atoms with Gasteiger partial charge in [0.25, 0.3) is 0 Å². The number of thiol groups is 1. The second kappa shape index (κ2) is 4.62. The van der Waals surface area contributed by atoms with E-state index in [0.717, 1.165) is 19.4 Å². The number of carbonyl (C=O) groups excluding carboxylic acids is 2. The van der Waals surface area contributed by atoms with Gasteiger partial charge in [-0.15, -0.1) is 0 Å². The lowest BCUT2D eigenvalue weighted by atomic mass is 10.2. The third kappa shape index (κ3) is 3.00. The van der Waals surface area contributed by atoms with Crippen LogP contribution in [0.25, 0.3) is 0 Å². The standard InChI is InChI=1S/C8H13NO3S/c1-5(13)7(10)12-8(11)6-3-2-4-9-6/h5-6,9,13H,2-4H2,1H3/t5?,6-/m0/s1. The molecule has 1 rings (SSSR count). The number of rotatable bonds is 2. The van der Waals surface area contributed by atoms with Gasteiger partial charge in [0.15, 0.2) is 0 Å². The minimum Gasteiger partial charge on any atom is -0.391 e. The summed E-state index contributed by atoms with van der Waals surface area (Å²) >= 11 is 3.86. The molecule has 0 aromatic carbocycles. The molecular weight excluding hydrogens is 190 g/mol. The summed E-state index contributed by atoms with van der Waals surface area (Å²) < 4.78 is 4.58. The van der Waals surface area contributed by atoms with Gasteiger partial charge in [-0.25, -0.2) is 4.79 Å². The summed E-state index contributed by atoms with van der Waals surface area (Å²) in [4.78, 5) is 22.2. The molecule has 5 heteroatoms. The summed E-state index contributed by atoms with van der Waals surface area (Å²) in [5.41, 5.74) is 0. The van der Waals surface area contributed by atoms with Crippen molar-refractivity contribution < 1.29 is 14.3 Å². The Morgan fingerprint density at radius 1 is 1.62 bits per heavy atom. The van der Waals surface area contributed by atoms with Gasteiger partial charge < -0.3 is 10.1 Å². The van der Waals surface area contributed by atoms with E-state index in [1.54, 1.807) is 6.92 Å². The van der Waals surface area contributed by atoms with Crippen molar-refractivity contribution in [2.45, 2.75) is 31.1 Å². The molecule has 1 unspecified atom stereocenters. The largest absolute Gasteiger partial charge is 0.391 e. The average molecular weight is 203 g/mol. The van der Waals surface area contributed by atoms with Crippen molar-refractivity contribution in [3.63, 3.8) is 0 Å². The van der Waals surface area contributed by atoms with Crippen LogP contribution in [-0.4, -0.2) is 29.8 Å². The lowest BCUT2D eigenvalue weighted by Gasteiger charge is -2.09. The predicted molar refractivity (Wildman–Crippen MR) is 50.6 cm³/mol. The molecule has 0 aliphatic carbocycles. The van der Waals surface area contributed by atoms with E-state index in [9.17, 15) is 9.59 Å². The zero-order chi connectivity index (χ0) is 9.84. The lowest BCUT2D eigenvalue weighted by molar-refractivity contribution is -0.160. The summed E-state index contributed by atoms with van der Waals surface area (Å²) in [6.07, 6.45) is 1.69. The smallest absolute Gasteiger partial charge is 0.330 e. The van der Waals surface area contributed by atoms with Crippen LogP contribution in [-0.2, 0) is 14.3 Å². The molecule has 4 nitrogen and oxygen atoms in total. The minimum absolute atomic E-state index is 0.309. The number of carbonyl (C=O) groups is 2. The van der Waals surface area contributed by atoms with E-state index >= 15 is 0 Å². The van der Waals surface area contributed by atoms with Crippen molar-refractivity contribution in [1.82, 2.24) is 5.32 Å². The maximum atomic E-state index is 11.2. The van der Waals surface area contributed by atoms with Gasteiger partial charge in [-0.1, -0.05) is 0 Å². The van der Waals surface area contributed by atoms with E-state index in [0.29, 0.717) is 0 Å². The fraction of sp³-hybridized carbons (Fsp3) is 0.750. The highest BCUT2D eigenvalue weighted by Crippen LogP contribution is 2.07. The number of hydrogen-bond acceptors (Lipinski definition) is 5. The van der Waals surface area contributed by atoms with Gasteiger partial charge >= 0.3 is 11.9 Å². The van der Waals surface area contributed by atoms with Gasteiger partial charge in [-0.05, 0) is 26.3 Å². The third-order valence-corrected chi connectivity index (χ3v) is 2.10. The van der Waals surface area contributed by atoms with Crippen LogP contribution < -0.4 is 5.32 Å². The van der Waals surface area contributed by atoms with E-state index in [1.807, 2.05) is 0 Å². The van der Waals surface area contributed by atoms with Crippen LogP contribution in [0, 0.1) is 0 Å². The Hall–Kier alpha value is -0.550. The van der Waals surface area contributed by atoms with Gasteiger partial charge in [0.2, 0.25) is 0 Å². The molecule has 74 valence electrons. The molecule has 0 aromatic rings. The van der Waals surface area contributed by atoms with Gasteiger partial charge in [-0.2, -0.15) is 12.6 Å². The molecule has 0 aromatic heterocycles. The molecule has 0 amide bonds. The molecule has 0 spiro atoms. The molecule has 0 saturated carbocycles. The van der Waals surface area contributed by atoms with Crippen molar-refractivity contribution in [1.29, 1.82) is 0 Å². The van der Waals surface area contributed by atoms with Crippen molar-refractivity contribution in [3.8, 4) is 0 Å². The number of esters is 2. The van der Waals surface area contributed by atoms with Gasteiger partial charge in [0.05, 0.1) is 5.25 Å². The first-order chi connectivity index (χ1) is 6.11. The van der Waals surface area contributed by atoms with E-state index in [2.05, 4.69) is 22.7 Å². The Bertz CT molecular complexity index is 211. The van der Waals surface area contributed by atoms with Gasteiger partial charge in [0, 0.05) is 0 Å². The SMILES string of the molecule is CC(S)C(=O)OC(=O)[C@@H]1CCCN1. The van der Waals surface area contributed by atoms with Gasteiger partial charge in [-0.3, -0.25) is 4.79 Å². The summed E-state index contributed by atoms with van der Waals surface area (Å²) in [6.45, 7) is 2.38. The number of hydrogen-bond donors (Lipinski definition) is 2. The second-order valence-corrected chi connectivity index (χ2v) is 3.84. The van der Waals surface area contributed by atoms with Crippen LogP contribution in [0.2, 0.25) is 0 Å². The molecule has 1 fully saturated rings. The maximum absolute atomic E-state index is 11.2. The van der Waals surface area contributed by atoms with Crippen molar-refractivity contribution >= 4 is 24.6 Å². The Morgan fingerprint density at radius 2 is 2.31 bits per heavy atom. The summed E-state index contributed by atoms with van der Waals surface area (Å²) in [5.74, 6) is -1.06. The topological polar surface area (TPSA) is 55.4 Å². The predicted octanol–water partition coefficient (Wildman–Crippen LogP) is 0.126. The monoisotopic (exact) mass is 203 g/mol. The van der Waals surface area contributed by atoms with Crippen molar-refractivity contribution in [2.24, 2.45) is 0 Å². The molecule has 0 radical (unpaired) electrons. The molecule has 1 aliphatic heterocycles. The van der Waals surface area contributed by atoms with E-state index in [4.69, 9.17) is 0 Å². The molecule has 2 atom stereocenters. The second-order valence-electron chi connectivity index (χ2n) is 3.07. The highest BCUT2D eigenvalue weighted by atomic mass is 32.1. The zero-order valence-electron chi connectivity index (χ0n) is 7.45. The Balaban J connectivity index is 2.36. The molecule has 1 heterocycles. The lowest BCUT2D eigenvalue weighted by Crippen LogP contribution is -2.35. The number of nitrogens with one attached hydrogen (secondary N) is 1. The third-order valence-electron chi connectivity index (χ3n) is 1.89. The molecule has 0 bridgehead atoms. The van der Waals surface area contributed by atoms with Crippen molar-refractivity contribution in [2.75, 3.05) is 6.54 Å². The maximum Gasteiger partial charge on any atom is 0.330 e. The quantitative estimate of drug-likeness (QED) is 0.380. The molecule has 1 saturated heterocycles. The minimum atomic E-state index is -0.581. The van der Waals surface area contributed by atoms with Crippen LogP contribution in [0.3, 0.4) is 0 Å². The average Bonchev–Trinajstić information content (AvgIpc) is 2.55. The molecule has 13 heavy (non-hydrogen) atoms. The van der Waals surface area contributed by atoms with E-state index < -0.39 is 17.2 Å². The summed E-state index contributed by atoms with van der Waals surface area (Å²) in [6, 6.07) is -0.309. The van der Waals surface area contributed by atoms with Gasteiger partial charge in [0.1, 0.15) is 6.04 Å². The Morgan fingerprint density at radius 3 is 2.77 bits per heavy atom. The Labute approximate surface area is 82.4 Å². The highest BCUT2D eigenvalue weighted by Gasteiger charge is 2.26. The van der Waals surface area contributed by atoms with E-state index in [-0.39, 0.29) is 6.04 Å². The normalized spacial score (nSPS) is 24.0. The van der Waals surface area contributed by atoms with Crippen LogP contribution in [0.5, 0.6) is 0 Å². The highest BCUT2D eigenvalue weighted by molar-refractivity contribution is 7.81. The van der Waals surface area contributed by atoms with Crippen molar-refractivity contribution in [3.05, 3.63) is 0 Å². The van der Waals surface area contributed by atoms with Crippen LogP contribution in [0.15, 0.2) is 0 Å². The first-order valence-corrected chi connectivity index (χ1v) is 4.80. The summed E-state index contributed by atoms with van der Waals surface area (Å²) in [5, 5.41) is 2.40. The van der Waals surface area contributed by atoms with Crippen LogP contribution in [0.1, 0.15) is 19.8 Å². The number of ether oxygens (including phenoxy) is 1. The fourth-order valence-electron chi connectivity index (χ4n) is 1.14. The van der Waals surface area contributed by atoms with Crippen LogP contribution >= 0.6 is 12.6 Å². The fourth-order valence-corrected chi connectivity index (χ4v) is 1.19. The van der Waals surface area contributed by atoms with E-state index in [1.165, 1.54) is 0 Å².